The van der Waals surface area contributed by atoms with Gasteiger partial charge in [0, 0.05) is 54.1 Å². The van der Waals surface area contributed by atoms with E-state index in [4.69, 9.17) is 57.5 Å². The summed E-state index contributed by atoms with van der Waals surface area (Å²) >= 11 is 0. The van der Waals surface area contributed by atoms with E-state index in [1.54, 1.807) is 31.2 Å². The number of nitrogens with one attached hydrogen (secondary N) is 2. The highest BCUT2D eigenvalue weighted by Gasteiger charge is 2.22. The normalized spacial score (nSPS) is 11.5. The Morgan fingerprint density at radius 1 is 0.638 bits per heavy atom. The van der Waals surface area contributed by atoms with Crippen LogP contribution in [0.2, 0.25) is 0 Å². The van der Waals surface area contributed by atoms with Gasteiger partial charge >= 0.3 is 6.03 Å². The first kappa shape index (κ1) is 52.2. The van der Waals surface area contributed by atoms with Crippen molar-refractivity contribution in [3.8, 4) is 28.8 Å². The number of carbonyl (C=O) groups is 1. The summed E-state index contributed by atoms with van der Waals surface area (Å²) in [4.78, 5) is 22.8. The van der Waals surface area contributed by atoms with E-state index in [-0.39, 0.29) is 5.41 Å². The molecule has 2 N–H and O–H groups in total. The van der Waals surface area contributed by atoms with Crippen LogP contribution in [0.4, 0.5) is 16.3 Å². The number of aryl methyl sites for hydroxylation is 1. The Hall–Kier alpha value is -6.18. The fraction of sp³-hybridized carbons (Fsp3) is 0.423. The van der Waals surface area contributed by atoms with Gasteiger partial charge in [0.15, 0.2) is 0 Å². The lowest BCUT2D eigenvalue weighted by Gasteiger charge is -2.14. The van der Waals surface area contributed by atoms with E-state index in [0.29, 0.717) is 139 Å². The molecule has 2 heterocycles. The first-order valence-corrected chi connectivity index (χ1v) is 23.1. The Morgan fingerprint density at radius 2 is 1.23 bits per heavy atom. The lowest BCUT2D eigenvalue weighted by Crippen LogP contribution is -2.21. The molecule has 2 aromatic heterocycles. The zero-order valence-electron chi connectivity index (χ0n) is 40.6. The van der Waals surface area contributed by atoms with Crippen LogP contribution in [0.5, 0.6) is 23.1 Å². The molecule has 0 atom stereocenters. The molecule has 0 saturated heterocycles. The van der Waals surface area contributed by atoms with Crippen LogP contribution >= 0.6 is 0 Å². The molecule has 6 aromatic rings. The molecule has 4 aromatic carbocycles. The third kappa shape index (κ3) is 17.4. The number of anilines is 2. The molecule has 2 amide bonds. The Morgan fingerprint density at radius 3 is 1.84 bits per heavy atom. The summed E-state index contributed by atoms with van der Waals surface area (Å²) in [6, 6.07) is 28.2. The monoisotopic (exact) mass is 950 g/mol. The van der Waals surface area contributed by atoms with Gasteiger partial charge in [0.1, 0.15) is 35.5 Å². The predicted molar refractivity (Wildman–Crippen MR) is 264 cm³/mol. The summed E-state index contributed by atoms with van der Waals surface area (Å²) in [6.07, 6.45) is 2.06. The molecular formula is C52H66N6O11. The molecule has 0 saturated carbocycles. The Bertz CT molecular complexity index is 2480. The number of methoxy groups -OCH3 is 2. The van der Waals surface area contributed by atoms with Crippen LogP contribution in [0, 0.1) is 6.92 Å². The van der Waals surface area contributed by atoms with Crippen molar-refractivity contribution in [1.82, 2.24) is 19.7 Å². The maximum Gasteiger partial charge on any atom is 0.324 e. The Kier molecular flexibility index (Phi) is 21.0. The van der Waals surface area contributed by atoms with Crippen LogP contribution in [0.15, 0.2) is 97.2 Å². The predicted octanol–water partition coefficient (Wildman–Crippen LogP) is 8.58. The fourth-order valence-electron chi connectivity index (χ4n) is 6.77. The Balaban J connectivity index is 0.932. The van der Waals surface area contributed by atoms with Crippen molar-refractivity contribution in [2.75, 3.05) is 117 Å². The van der Waals surface area contributed by atoms with Crippen molar-refractivity contribution in [3.05, 3.63) is 120 Å². The van der Waals surface area contributed by atoms with Crippen LogP contribution < -0.4 is 24.8 Å². The average molecular weight is 951 g/mol. The van der Waals surface area contributed by atoms with Crippen molar-refractivity contribution >= 4 is 28.3 Å². The van der Waals surface area contributed by atoms with Gasteiger partial charge in [-0.25, -0.2) is 14.5 Å². The highest BCUT2D eigenvalue weighted by molar-refractivity contribution is 6.07. The molecule has 0 bridgehead atoms. The number of rotatable bonds is 30. The highest BCUT2D eigenvalue weighted by atomic mass is 16.6. The van der Waals surface area contributed by atoms with Gasteiger partial charge in [-0.2, -0.15) is 10.1 Å². The number of ether oxygens (including phenoxy) is 10. The number of hydrogen-bond donors (Lipinski definition) is 2. The number of amides is 2. The van der Waals surface area contributed by atoms with E-state index < -0.39 is 6.03 Å². The number of urea groups is 1. The van der Waals surface area contributed by atoms with Gasteiger partial charge in [-0.15, -0.1) is 0 Å². The molecule has 0 unspecified atom stereocenters. The molecule has 0 aliphatic carbocycles. The van der Waals surface area contributed by atoms with Crippen LogP contribution in [0.1, 0.15) is 43.4 Å². The first-order chi connectivity index (χ1) is 33.6. The topological polar surface area (TPSA) is 177 Å². The SMILES string of the molecule is COCCOCCOCCOCCOCCOCCOCCOc1cc(Cc2nccc(Oc3ccc(NC(=O)Nc4cc(C(C)(C)C)nn4-c4ccc(C)cc4)c4ccccc34)n2)cc(OC)c1. The Labute approximate surface area is 404 Å². The molecule has 370 valence electrons. The largest absolute Gasteiger partial charge is 0.497 e. The zero-order chi connectivity index (χ0) is 48.7. The van der Waals surface area contributed by atoms with Crippen molar-refractivity contribution in [1.29, 1.82) is 0 Å². The van der Waals surface area contributed by atoms with Crippen LogP contribution in [0.3, 0.4) is 0 Å². The third-order valence-electron chi connectivity index (χ3n) is 10.4. The number of hydrogen-bond acceptors (Lipinski definition) is 14. The summed E-state index contributed by atoms with van der Waals surface area (Å²) < 4.78 is 57.8. The minimum Gasteiger partial charge on any atom is -0.497 e. The molecule has 17 nitrogen and oxygen atoms in total. The lowest BCUT2D eigenvalue weighted by atomic mass is 9.92. The van der Waals surface area contributed by atoms with Gasteiger partial charge in [0.25, 0.3) is 0 Å². The van der Waals surface area contributed by atoms with Crippen LogP contribution in [0.25, 0.3) is 16.5 Å². The molecule has 6 rings (SSSR count). The second-order valence-corrected chi connectivity index (χ2v) is 16.8. The standard InChI is InChI=1S/C52H66N6O11/c1-38-11-13-40(14-12-38)58-49(37-47(57-58)52(2,3)4)56-51(59)54-45-15-16-46(44-10-8-7-9-43(44)45)69-50-17-18-53-48(55-50)35-39-33-41(61-6)36-42(34-39)68-32-31-67-30-29-66-28-27-65-26-25-64-24-23-63-22-21-62-20-19-60-5/h7-18,33-34,36-37H,19-32,35H2,1-6H3,(H2,54,56,59). The van der Waals surface area contributed by atoms with Crippen molar-refractivity contribution in [2.45, 2.75) is 39.5 Å². The van der Waals surface area contributed by atoms with Gasteiger partial charge in [0.05, 0.1) is 110 Å². The summed E-state index contributed by atoms with van der Waals surface area (Å²) in [5.74, 6) is 3.32. The maximum absolute atomic E-state index is 13.6. The molecule has 0 aliphatic rings. The third-order valence-corrected chi connectivity index (χ3v) is 10.4. The summed E-state index contributed by atoms with van der Waals surface area (Å²) in [5.41, 5.74) is 4.10. The number of benzene rings is 4. The molecule has 69 heavy (non-hydrogen) atoms. The minimum absolute atomic E-state index is 0.227. The number of nitrogens with zero attached hydrogens (tertiary/aromatic N) is 4. The number of carbonyl (C=O) groups excluding carboxylic acids is 1. The van der Waals surface area contributed by atoms with Crippen molar-refractivity contribution in [2.24, 2.45) is 0 Å². The summed E-state index contributed by atoms with van der Waals surface area (Å²) in [5, 5.41) is 12.5. The zero-order valence-corrected chi connectivity index (χ0v) is 40.6. The van der Waals surface area contributed by atoms with E-state index in [1.807, 2.05) is 91.9 Å². The van der Waals surface area contributed by atoms with E-state index in [1.165, 1.54) is 0 Å². The molecule has 0 aliphatic heterocycles. The molecule has 0 fully saturated rings. The smallest absolute Gasteiger partial charge is 0.324 e. The molecular weight excluding hydrogens is 885 g/mol. The maximum atomic E-state index is 13.6. The van der Waals surface area contributed by atoms with E-state index in [9.17, 15) is 4.79 Å². The van der Waals surface area contributed by atoms with Gasteiger partial charge in [0.2, 0.25) is 5.88 Å². The van der Waals surface area contributed by atoms with Gasteiger partial charge in [-0.3, -0.25) is 5.32 Å². The molecule has 17 heteroatoms. The van der Waals surface area contributed by atoms with Gasteiger partial charge in [-0.05, 0) is 48.9 Å². The number of fused-ring (bicyclic) bond motifs is 1. The summed E-state index contributed by atoms with van der Waals surface area (Å²) in [6.45, 7) is 15.0. The van der Waals surface area contributed by atoms with Gasteiger partial charge in [-0.1, -0.05) is 62.7 Å². The highest BCUT2D eigenvalue weighted by Crippen LogP contribution is 2.35. The average Bonchev–Trinajstić information content (AvgIpc) is 3.77. The van der Waals surface area contributed by atoms with Crippen LogP contribution in [-0.2, 0) is 45.0 Å². The van der Waals surface area contributed by atoms with Crippen molar-refractivity contribution < 1.29 is 52.2 Å². The second-order valence-electron chi connectivity index (χ2n) is 16.8. The first-order valence-electron chi connectivity index (χ1n) is 23.1. The van der Waals surface area contributed by atoms with Crippen LogP contribution in [-0.4, -0.2) is 132 Å². The minimum atomic E-state index is -0.407. The van der Waals surface area contributed by atoms with E-state index in [0.717, 1.165) is 33.3 Å². The summed E-state index contributed by atoms with van der Waals surface area (Å²) in [7, 11) is 3.25. The van der Waals surface area contributed by atoms with Crippen molar-refractivity contribution in [3.63, 3.8) is 0 Å². The number of aromatic nitrogens is 4. The van der Waals surface area contributed by atoms with E-state index >= 15 is 0 Å². The molecule has 0 radical (unpaired) electrons. The fourth-order valence-corrected chi connectivity index (χ4v) is 6.77. The lowest BCUT2D eigenvalue weighted by molar-refractivity contribution is -0.0199. The second kappa shape index (κ2) is 27.7. The van der Waals surface area contributed by atoms with Gasteiger partial charge < -0.3 is 52.7 Å². The quantitative estimate of drug-likeness (QED) is 0.0411. The van der Waals surface area contributed by atoms with E-state index in [2.05, 4.69) is 36.4 Å². The molecule has 0 spiro atoms.